The lowest BCUT2D eigenvalue weighted by Gasteiger charge is -2.37. The summed E-state index contributed by atoms with van der Waals surface area (Å²) in [5.41, 5.74) is 7.41. The molecule has 0 fully saturated rings. The van der Waals surface area contributed by atoms with Crippen LogP contribution in [-0.4, -0.2) is 81.5 Å². The Morgan fingerprint density at radius 2 is 1.44 bits per heavy atom. The first-order chi connectivity index (χ1) is 26.3. The van der Waals surface area contributed by atoms with Crippen molar-refractivity contribution in [1.29, 1.82) is 0 Å². The van der Waals surface area contributed by atoms with Crippen LogP contribution in [0.3, 0.4) is 0 Å². The van der Waals surface area contributed by atoms with Gasteiger partial charge in [0.1, 0.15) is 11.4 Å². The molecule has 9 rings (SSSR count). The van der Waals surface area contributed by atoms with Crippen LogP contribution in [-0.2, 0) is 25.7 Å². The van der Waals surface area contributed by atoms with Crippen molar-refractivity contribution in [1.82, 2.24) is 20.0 Å². The quantitative estimate of drug-likeness (QED) is 0.187. The van der Waals surface area contributed by atoms with E-state index in [0.717, 1.165) is 49.0 Å². The van der Waals surface area contributed by atoms with Gasteiger partial charge in [-0.05, 0) is 110 Å². The van der Waals surface area contributed by atoms with Gasteiger partial charge in [-0.1, -0.05) is 12.1 Å². The molecule has 4 aromatic carbocycles. The normalized spacial score (nSPS) is 18.0. The van der Waals surface area contributed by atoms with Gasteiger partial charge in [-0.2, -0.15) is 5.10 Å². The molecule has 12 nitrogen and oxygen atoms in total. The maximum atomic E-state index is 13.5. The van der Waals surface area contributed by atoms with Gasteiger partial charge < -0.3 is 33.7 Å². The van der Waals surface area contributed by atoms with E-state index in [-0.39, 0.29) is 18.0 Å². The number of hydrogen-bond acceptors (Lipinski definition) is 10. The summed E-state index contributed by atoms with van der Waals surface area (Å²) >= 11 is 0. The Balaban J connectivity index is 1.36. The van der Waals surface area contributed by atoms with Crippen molar-refractivity contribution in [3.8, 4) is 46.0 Å². The molecule has 0 unspecified atom stereocenters. The van der Waals surface area contributed by atoms with E-state index < -0.39 is 0 Å². The Labute approximate surface area is 314 Å². The summed E-state index contributed by atoms with van der Waals surface area (Å²) in [4.78, 5) is 18.2. The van der Waals surface area contributed by atoms with Crippen molar-refractivity contribution in [2.45, 2.75) is 37.8 Å². The number of benzene rings is 4. The lowest BCUT2D eigenvalue weighted by atomic mass is 9.86. The number of amides is 1. The van der Waals surface area contributed by atoms with Crippen LogP contribution >= 0.6 is 0 Å². The summed E-state index contributed by atoms with van der Waals surface area (Å²) in [5, 5.41) is 9.83. The molecule has 2 N–H and O–H groups in total. The zero-order valence-electron chi connectivity index (χ0n) is 31.4. The van der Waals surface area contributed by atoms with E-state index in [1.807, 2.05) is 24.3 Å². The first-order valence-corrected chi connectivity index (χ1v) is 18.1. The highest BCUT2D eigenvalue weighted by molar-refractivity contribution is 6.03. The summed E-state index contributed by atoms with van der Waals surface area (Å²) in [5.74, 6) is 4.24. The molecule has 0 spiro atoms. The number of H-pyrrole nitrogens is 1. The van der Waals surface area contributed by atoms with Crippen LogP contribution in [0, 0.1) is 0 Å². The third-order valence-corrected chi connectivity index (χ3v) is 11.0. The number of anilines is 1. The van der Waals surface area contributed by atoms with Crippen LogP contribution in [0.15, 0.2) is 66.9 Å². The molecular weight excluding hydrogens is 686 g/mol. The number of aromatic nitrogens is 2. The molecule has 1 aromatic heterocycles. The molecule has 4 aliphatic heterocycles. The minimum absolute atomic E-state index is 0.111. The molecule has 5 aromatic rings. The summed E-state index contributed by atoms with van der Waals surface area (Å²) in [6, 6.07) is 19.8. The summed E-state index contributed by atoms with van der Waals surface area (Å²) in [6.45, 7) is 1.71. The van der Waals surface area contributed by atoms with E-state index in [2.05, 4.69) is 69.7 Å². The fourth-order valence-electron chi connectivity index (χ4n) is 8.03. The maximum absolute atomic E-state index is 13.5. The highest BCUT2D eigenvalue weighted by Crippen LogP contribution is 2.52. The van der Waals surface area contributed by atoms with Crippen LogP contribution in [0.5, 0.6) is 46.0 Å². The van der Waals surface area contributed by atoms with E-state index in [1.54, 1.807) is 40.7 Å². The monoisotopic (exact) mass is 731 g/mol. The Morgan fingerprint density at radius 3 is 2.15 bits per heavy atom. The Kier molecular flexibility index (Phi) is 9.55. The first kappa shape index (κ1) is 35.3. The van der Waals surface area contributed by atoms with Crippen LogP contribution in [0.4, 0.5) is 5.69 Å². The number of likely N-dealkylation sites (N-methyl/N-ethyl adjacent to an activating group) is 2. The number of methoxy groups -OCH3 is 4. The molecule has 1 amide bonds. The summed E-state index contributed by atoms with van der Waals surface area (Å²) in [7, 11) is 10.8. The van der Waals surface area contributed by atoms with Gasteiger partial charge in [0.25, 0.3) is 5.91 Å². The number of carbonyl (C=O) groups excluding carboxylic acids is 1. The number of aromatic amines is 1. The van der Waals surface area contributed by atoms with E-state index in [4.69, 9.17) is 28.4 Å². The van der Waals surface area contributed by atoms with Crippen molar-refractivity contribution >= 4 is 11.6 Å². The van der Waals surface area contributed by atoms with Crippen LogP contribution in [0.2, 0.25) is 0 Å². The minimum atomic E-state index is -0.328. The van der Waals surface area contributed by atoms with Gasteiger partial charge in [-0.25, -0.2) is 0 Å². The summed E-state index contributed by atoms with van der Waals surface area (Å²) < 4.78 is 37.5. The second-order valence-corrected chi connectivity index (χ2v) is 14.0. The zero-order chi connectivity index (χ0) is 37.5. The zero-order valence-corrected chi connectivity index (χ0v) is 31.4. The molecule has 0 radical (unpaired) electrons. The predicted octanol–water partition coefficient (Wildman–Crippen LogP) is 7.14. The third-order valence-electron chi connectivity index (χ3n) is 11.0. The van der Waals surface area contributed by atoms with Gasteiger partial charge in [0.05, 0.1) is 28.4 Å². The molecule has 5 heterocycles. The lowest BCUT2D eigenvalue weighted by Crippen LogP contribution is -2.34. The number of carbonyl (C=O) groups is 1. The van der Waals surface area contributed by atoms with Gasteiger partial charge in [0.15, 0.2) is 34.5 Å². The van der Waals surface area contributed by atoms with Gasteiger partial charge in [0.2, 0.25) is 5.75 Å². The maximum Gasteiger partial charge on any atom is 0.273 e. The van der Waals surface area contributed by atoms with Crippen molar-refractivity contribution < 1.29 is 33.2 Å². The topological polar surface area (TPSA) is 120 Å². The van der Waals surface area contributed by atoms with Crippen LogP contribution < -0.4 is 33.7 Å². The number of nitrogens with one attached hydrogen (secondary N) is 2. The molecule has 6 bridgehead atoms. The SMILES string of the molecule is COc1cc(NC(=O)c2ccn[nH]2)c2cc1Oc1ccc(cc1)C[C@H]1c3cc(c(OC)cc3CCN1C)Oc1c(OC)c(OC)cc3c1[C@H](C2)N(C)CC3. The molecule has 0 saturated carbocycles. The first-order valence-electron chi connectivity index (χ1n) is 18.1. The lowest BCUT2D eigenvalue weighted by molar-refractivity contribution is 0.102. The fourth-order valence-corrected chi connectivity index (χ4v) is 8.03. The van der Waals surface area contributed by atoms with Gasteiger partial charge >= 0.3 is 0 Å². The average Bonchev–Trinajstić information content (AvgIpc) is 3.73. The van der Waals surface area contributed by atoms with E-state index in [0.29, 0.717) is 63.8 Å². The second kappa shape index (κ2) is 14.6. The van der Waals surface area contributed by atoms with Crippen LogP contribution in [0.1, 0.15) is 56.0 Å². The molecule has 12 heteroatoms. The highest BCUT2D eigenvalue weighted by Gasteiger charge is 2.35. The Morgan fingerprint density at radius 1 is 0.759 bits per heavy atom. The van der Waals surface area contributed by atoms with Gasteiger partial charge in [-0.15, -0.1) is 0 Å². The standard InChI is InChI=1S/C42H45N5O7/c1-46-15-12-25-19-34(49-3)37-22-29(25)32(46)17-24-7-9-28(10-8-24)53-36-21-27(31(23-35(36)50-4)44-42(48)30-11-14-43-45-30)18-33-39-26(13-16-47(33)2)20-38(51-5)40(52-6)41(39)54-37/h7-11,14,19-23,32-33H,12-13,15-18H2,1-6H3,(H,43,45)(H,44,48)/t32-,33-/m0/s1. The van der Waals surface area contributed by atoms with Gasteiger partial charge in [0, 0.05) is 48.7 Å². The number of hydrogen-bond donors (Lipinski definition) is 2. The summed E-state index contributed by atoms with van der Waals surface area (Å²) in [6.07, 6.45) is 4.48. The number of rotatable bonds is 6. The Hall–Kier alpha value is -5.72. The molecular formula is C42H45N5O7. The molecule has 4 aliphatic rings. The molecule has 2 atom stereocenters. The smallest absolute Gasteiger partial charge is 0.273 e. The van der Waals surface area contributed by atoms with Crippen molar-refractivity contribution in [3.63, 3.8) is 0 Å². The fraction of sp³-hybridized carbons (Fsp3) is 0.333. The van der Waals surface area contributed by atoms with E-state index >= 15 is 0 Å². The molecule has 0 saturated heterocycles. The van der Waals surface area contributed by atoms with E-state index in [9.17, 15) is 4.79 Å². The average molecular weight is 732 g/mol. The molecule has 0 aliphatic carbocycles. The predicted molar refractivity (Wildman–Crippen MR) is 204 cm³/mol. The Bertz CT molecular complexity index is 2190. The molecule has 54 heavy (non-hydrogen) atoms. The van der Waals surface area contributed by atoms with Crippen LogP contribution in [0.25, 0.3) is 0 Å². The van der Waals surface area contributed by atoms with Gasteiger partial charge in [-0.3, -0.25) is 19.7 Å². The number of ether oxygens (including phenoxy) is 6. The minimum Gasteiger partial charge on any atom is -0.493 e. The highest BCUT2D eigenvalue weighted by atomic mass is 16.5. The van der Waals surface area contributed by atoms with Crippen molar-refractivity contribution in [2.75, 3.05) is 60.9 Å². The van der Waals surface area contributed by atoms with Crippen molar-refractivity contribution in [2.24, 2.45) is 0 Å². The van der Waals surface area contributed by atoms with E-state index in [1.165, 1.54) is 16.7 Å². The molecule has 280 valence electrons. The van der Waals surface area contributed by atoms with Crippen molar-refractivity contribution in [3.05, 3.63) is 106 Å². The largest absolute Gasteiger partial charge is 0.493 e. The second-order valence-electron chi connectivity index (χ2n) is 14.0. The third kappa shape index (κ3) is 6.45. The number of nitrogens with zero attached hydrogens (tertiary/aromatic N) is 3. The number of fused-ring (bicyclic) bond motifs is 2.